The van der Waals surface area contributed by atoms with E-state index in [4.69, 9.17) is 22.1 Å². The average Bonchev–Trinajstić information content (AvgIpc) is 2.39. The fourth-order valence-electron chi connectivity index (χ4n) is 2.92. The van der Waals surface area contributed by atoms with Gasteiger partial charge in [-0.25, -0.2) is 0 Å². The van der Waals surface area contributed by atoms with Gasteiger partial charge in [0.05, 0.1) is 0 Å². The van der Waals surface area contributed by atoms with Crippen molar-refractivity contribution in [2.24, 2.45) is 5.73 Å². The van der Waals surface area contributed by atoms with Crippen LogP contribution in [-0.4, -0.2) is 37.2 Å². The number of likely N-dealkylation sites (N-methyl/N-ethyl adjacent to an activating group) is 1. The van der Waals surface area contributed by atoms with Gasteiger partial charge in [0.2, 0.25) is 0 Å². The van der Waals surface area contributed by atoms with E-state index in [2.05, 4.69) is 24.9 Å². The highest BCUT2D eigenvalue weighted by Gasteiger charge is 2.28. The van der Waals surface area contributed by atoms with Crippen LogP contribution in [0.1, 0.15) is 31.4 Å². The molecule has 0 aromatic heterocycles. The molecule has 2 unspecified atom stereocenters. The highest BCUT2D eigenvalue weighted by atomic mass is 35.5. The van der Waals surface area contributed by atoms with Gasteiger partial charge < -0.3 is 10.5 Å². The molecule has 0 saturated carbocycles. The van der Waals surface area contributed by atoms with E-state index in [1.165, 1.54) is 5.56 Å². The van der Waals surface area contributed by atoms with Gasteiger partial charge in [-0.2, -0.15) is 0 Å². The van der Waals surface area contributed by atoms with Gasteiger partial charge in [-0.1, -0.05) is 23.7 Å². The summed E-state index contributed by atoms with van der Waals surface area (Å²) in [5.41, 5.74) is 7.40. The van der Waals surface area contributed by atoms with Crippen LogP contribution >= 0.6 is 11.6 Å². The van der Waals surface area contributed by atoms with Gasteiger partial charge in [0, 0.05) is 36.4 Å². The molecule has 3 nitrogen and oxygen atoms in total. The monoisotopic (exact) mass is 282 g/mol. The third-order valence-electron chi connectivity index (χ3n) is 3.89. The quantitative estimate of drug-likeness (QED) is 0.923. The van der Waals surface area contributed by atoms with Crippen molar-refractivity contribution in [1.82, 2.24) is 4.90 Å². The van der Waals surface area contributed by atoms with Crippen molar-refractivity contribution in [2.45, 2.75) is 37.9 Å². The van der Waals surface area contributed by atoms with Crippen LogP contribution in [0.4, 0.5) is 0 Å². The summed E-state index contributed by atoms with van der Waals surface area (Å²) in [5, 5.41) is 0.767. The van der Waals surface area contributed by atoms with Crippen molar-refractivity contribution in [2.75, 3.05) is 20.3 Å². The lowest BCUT2D eigenvalue weighted by molar-refractivity contribution is 0.0246. The Hall–Kier alpha value is -0.610. The molecule has 2 atom stereocenters. The predicted octanol–water partition coefficient (Wildman–Crippen LogP) is 2.84. The third-order valence-corrected chi connectivity index (χ3v) is 4.13. The second-order valence-corrected chi connectivity index (χ2v) is 5.80. The maximum atomic E-state index is 6.21. The first-order chi connectivity index (χ1) is 9.09. The standard InChI is InChI=1S/C15H23ClN2O/c1-11(17)15(12-4-3-5-13(16)10-12)18(2)14-6-8-19-9-7-14/h3-5,10-11,14-15H,6-9,17H2,1-2H3. The minimum absolute atomic E-state index is 0.0614. The first kappa shape index (κ1) is 14.8. The molecular formula is C15H23ClN2O. The second-order valence-electron chi connectivity index (χ2n) is 5.37. The lowest BCUT2D eigenvalue weighted by atomic mass is 9.96. The van der Waals surface area contributed by atoms with Crippen LogP contribution in [0.25, 0.3) is 0 Å². The third kappa shape index (κ3) is 3.69. The normalized spacial score (nSPS) is 20.5. The molecule has 0 spiro atoms. The zero-order valence-corrected chi connectivity index (χ0v) is 12.4. The number of halogens is 1. The minimum atomic E-state index is 0.0614. The molecule has 2 rings (SSSR count). The van der Waals surface area contributed by atoms with E-state index in [0.717, 1.165) is 31.1 Å². The molecule has 1 aliphatic rings. The molecule has 2 N–H and O–H groups in total. The van der Waals surface area contributed by atoms with E-state index in [1.54, 1.807) is 0 Å². The molecule has 1 aromatic rings. The van der Waals surface area contributed by atoms with Crippen LogP contribution in [0, 0.1) is 0 Å². The molecule has 4 heteroatoms. The summed E-state index contributed by atoms with van der Waals surface area (Å²) < 4.78 is 5.44. The Morgan fingerprint density at radius 3 is 2.63 bits per heavy atom. The van der Waals surface area contributed by atoms with Crippen molar-refractivity contribution in [3.8, 4) is 0 Å². The Labute approximate surface area is 120 Å². The minimum Gasteiger partial charge on any atom is -0.381 e. The molecule has 1 fully saturated rings. The molecule has 1 heterocycles. The molecule has 1 aromatic carbocycles. The lowest BCUT2D eigenvalue weighted by Gasteiger charge is -2.39. The van der Waals surface area contributed by atoms with Crippen molar-refractivity contribution in [3.05, 3.63) is 34.9 Å². The van der Waals surface area contributed by atoms with Crippen LogP contribution in [0.3, 0.4) is 0 Å². The van der Waals surface area contributed by atoms with Gasteiger partial charge in [-0.3, -0.25) is 4.90 Å². The maximum Gasteiger partial charge on any atom is 0.0496 e. The first-order valence-corrected chi connectivity index (χ1v) is 7.28. The number of hydrogen-bond donors (Lipinski definition) is 1. The fraction of sp³-hybridized carbons (Fsp3) is 0.600. The smallest absolute Gasteiger partial charge is 0.0496 e. The van der Waals surface area contributed by atoms with Crippen LogP contribution in [0.2, 0.25) is 5.02 Å². The Balaban J connectivity index is 2.19. The number of benzene rings is 1. The topological polar surface area (TPSA) is 38.5 Å². The summed E-state index contributed by atoms with van der Waals surface area (Å²) in [5.74, 6) is 0. The molecule has 0 amide bonds. The number of hydrogen-bond acceptors (Lipinski definition) is 3. The van der Waals surface area contributed by atoms with Crippen molar-refractivity contribution >= 4 is 11.6 Å². The summed E-state index contributed by atoms with van der Waals surface area (Å²) in [6.45, 7) is 3.74. The van der Waals surface area contributed by atoms with Crippen molar-refractivity contribution < 1.29 is 4.74 Å². The summed E-state index contributed by atoms with van der Waals surface area (Å²) in [6, 6.07) is 8.81. The van der Waals surface area contributed by atoms with Gasteiger partial charge in [0.15, 0.2) is 0 Å². The zero-order chi connectivity index (χ0) is 13.8. The molecule has 0 radical (unpaired) electrons. The van der Waals surface area contributed by atoms with E-state index in [0.29, 0.717) is 6.04 Å². The Kier molecular flexibility index (Phi) is 5.22. The fourth-order valence-corrected chi connectivity index (χ4v) is 3.12. The van der Waals surface area contributed by atoms with Gasteiger partial charge in [-0.15, -0.1) is 0 Å². The van der Waals surface area contributed by atoms with E-state index in [-0.39, 0.29) is 12.1 Å². The first-order valence-electron chi connectivity index (χ1n) is 6.90. The molecular weight excluding hydrogens is 260 g/mol. The van der Waals surface area contributed by atoms with Crippen LogP contribution in [-0.2, 0) is 4.74 Å². The molecule has 19 heavy (non-hydrogen) atoms. The molecule has 106 valence electrons. The van der Waals surface area contributed by atoms with Crippen LogP contribution < -0.4 is 5.73 Å². The van der Waals surface area contributed by atoms with Gasteiger partial charge in [-0.05, 0) is 44.5 Å². The number of rotatable bonds is 4. The molecule has 0 aliphatic carbocycles. The summed E-state index contributed by atoms with van der Waals surface area (Å²) >= 11 is 6.10. The largest absolute Gasteiger partial charge is 0.381 e. The molecule has 1 aliphatic heterocycles. The Morgan fingerprint density at radius 1 is 1.37 bits per heavy atom. The van der Waals surface area contributed by atoms with E-state index < -0.39 is 0 Å². The van der Waals surface area contributed by atoms with Gasteiger partial charge in [0.1, 0.15) is 0 Å². The van der Waals surface area contributed by atoms with Gasteiger partial charge in [0.25, 0.3) is 0 Å². The Bertz CT molecular complexity index is 405. The summed E-state index contributed by atoms with van der Waals surface area (Å²) in [7, 11) is 2.16. The van der Waals surface area contributed by atoms with Crippen LogP contribution in [0.15, 0.2) is 24.3 Å². The predicted molar refractivity (Wildman–Crippen MR) is 79.4 cm³/mol. The van der Waals surface area contributed by atoms with E-state index in [1.807, 2.05) is 18.2 Å². The Morgan fingerprint density at radius 2 is 2.05 bits per heavy atom. The molecule has 1 saturated heterocycles. The van der Waals surface area contributed by atoms with E-state index >= 15 is 0 Å². The highest BCUT2D eigenvalue weighted by Crippen LogP contribution is 2.29. The maximum absolute atomic E-state index is 6.21. The average molecular weight is 283 g/mol. The van der Waals surface area contributed by atoms with E-state index in [9.17, 15) is 0 Å². The SMILES string of the molecule is CC(N)C(c1cccc(Cl)c1)N(C)C1CCOCC1. The van der Waals surface area contributed by atoms with Crippen molar-refractivity contribution in [1.29, 1.82) is 0 Å². The summed E-state index contributed by atoms with van der Waals surface area (Å²) in [6.07, 6.45) is 2.14. The summed E-state index contributed by atoms with van der Waals surface area (Å²) in [4.78, 5) is 2.39. The number of ether oxygens (including phenoxy) is 1. The number of nitrogens with two attached hydrogens (primary N) is 1. The van der Waals surface area contributed by atoms with Crippen LogP contribution in [0.5, 0.6) is 0 Å². The second kappa shape index (κ2) is 6.71. The lowest BCUT2D eigenvalue weighted by Crippen LogP contribution is -2.45. The zero-order valence-electron chi connectivity index (χ0n) is 11.7. The highest BCUT2D eigenvalue weighted by molar-refractivity contribution is 6.30. The number of nitrogens with zero attached hydrogens (tertiary/aromatic N) is 1. The molecule has 0 bridgehead atoms. The van der Waals surface area contributed by atoms with Crippen molar-refractivity contribution in [3.63, 3.8) is 0 Å². The van der Waals surface area contributed by atoms with Gasteiger partial charge >= 0.3 is 0 Å².